The normalized spacial score (nSPS) is 21.8. The number of Topliss-reactive ketones (excluding diaryl/α,β-unsaturated/α-hetero) is 1. The van der Waals surface area contributed by atoms with Gasteiger partial charge >= 0.3 is 0 Å². The summed E-state index contributed by atoms with van der Waals surface area (Å²) in [7, 11) is 0. The number of benzene rings is 2. The number of carbonyl (C=O) groups is 3. The van der Waals surface area contributed by atoms with Gasteiger partial charge in [-0.05, 0) is 49.1 Å². The van der Waals surface area contributed by atoms with Crippen LogP contribution in [-0.2, 0) is 14.4 Å². The smallest absolute Gasteiger partial charge is 0.291 e. The fraction of sp³-hybridized carbons (Fsp3) is 0.483. The molecular weight excluding hydrogens is 442 g/mol. The summed E-state index contributed by atoms with van der Waals surface area (Å²) in [5.41, 5.74) is 1.79. The summed E-state index contributed by atoms with van der Waals surface area (Å²) in [6, 6.07) is 20.4. The predicted octanol–water partition coefficient (Wildman–Crippen LogP) is 5.85. The lowest BCUT2D eigenvalue weighted by atomic mass is 9.84. The summed E-state index contributed by atoms with van der Waals surface area (Å²) < 4.78 is 0. The van der Waals surface area contributed by atoms with Crippen molar-refractivity contribution in [3.05, 3.63) is 71.8 Å². The van der Waals surface area contributed by atoms with Gasteiger partial charge in [-0.15, -0.1) is 0 Å². The van der Waals surface area contributed by atoms with Gasteiger partial charge in [0, 0.05) is 23.1 Å². The van der Waals surface area contributed by atoms with E-state index in [1.807, 2.05) is 32.9 Å². The van der Waals surface area contributed by atoms with Gasteiger partial charge in [0.2, 0.25) is 10.9 Å². The fourth-order valence-corrected chi connectivity index (χ4v) is 6.44. The third kappa shape index (κ3) is 5.00. The summed E-state index contributed by atoms with van der Waals surface area (Å²) in [6.07, 6.45) is 4.15. The van der Waals surface area contributed by atoms with Crippen LogP contribution in [0.3, 0.4) is 0 Å². The first-order chi connectivity index (χ1) is 16.3. The number of likely N-dealkylation sites (tertiary alicyclic amines) is 1. The van der Waals surface area contributed by atoms with Crippen molar-refractivity contribution in [3.63, 3.8) is 0 Å². The van der Waals surface area contributed by atoms with Crippen LogP contribution < -0.4 is 0 Å². The zero-order chi connectivity index (χ0) is 24.3. The molecule has 2 bridgehead atoms. The number of nitrogens with zero attached hydrogens (tertiary/aromatic N) is 1. The second kappa shape index (κ2) is 10.5. The zero-order valence-electron chi connectivity index (χ0n) is 20.4. The number of rotatable bonds is 9. The SMILES string of the molecule is CCC(C)(C)C(=O)C(=O)N1C2CCC(C2)[C@H]1C(=O)SCCC(c1ccccc1)c1ccccc1. The second-order valence-corrected chi connectivity index (χ2v) is 11.4. The summed E-state index contributed by atoms with van der Waals surface area (Å²) >= 11 is 1.33. The van der Waals surface area contributed by atoms with Crippen molar-refractivity contribution in [1.82, 2.24) is 4.90 Å². The Kier molecular flexibility index (Phi) is 7.61. The second-order valence-electron chi connectivity index (χ2n) is 10.3. The largest absolute Gasteiger partial charge is 0.322 e. The number of thioether (sulfide) groups is 1. The summed E-state index contributed by atoms with van der Waals surface area (Å²) in [6.45, 7) is 5.57. The van der Waals surface area contributed by atoms with Gasteiger partial charge in [-0.3, -0.25) is 14.4 Å². The highest BCUT2D eigenvalue weighted by molar-refractivity contribution is 8.13. The maximum atomic E-state index is 13.4. The van der Waals surface area contributed by atoms with E-state index < -0.39 is 17.4 Å². The van der Waals surface area contributed by atoms with Gasteiger partial charge in [0.25, 0.3) is 5.91 Å². The monoisotopic (exact) mass is 477 g/mol. The first-order valence-corrected chi connectivity index (χ1v) is 13.5. The molecule has 1 saturated carbocycles. The maximum Gasteiger partial charge on any atom is 0.291 e. The molecule has 1 aliphatic heterocycles. The molecule has 2 fully saturated rings. The lowest BCUT2D eigenvalue weighted by Gasteiger charge is -2.35. The Labute approximate surface area is 207 Å². The first kappa shape index (κ1) is 24.7. The Morgan fingerprint density at radius 1 is 0.971 bits per heavy atom. The minimum atomic E-state index is -0.696. The fourth-order valence-electron chi connectivity index (χ4n) is 5.41. The molecule has 34 heavy (non-hydrogen) atoms. The zero-order valence-corrected chi connectivity index (χ0v) is 21.2. The molecule has 0 spiro atoms. The average molecular weight is 478 g/mol. The highest BCUT2D eigenvalue weighted by atomic mass is 32.2. The maximum absolute atomic E-state index is 13.4. The summed E-state index contributed by atoms with van der Waals surface area (Å²) in [5, 5.41) is 0.0440. The van der Waals surface area contributed by atoms with Gasteiger partial charge < -0.3 is 4.90 Å². The van der Waals surface area contributed by atoms with Crippen molar-refractivity contribution in [2.45, 2.75) is 70.9 Å². The molecule has 0 aromatic heterocycles. The van der Waals surface area contributed by atoms with E-state index in [2.05, 4.69) is 48.5 Å². The molecule has 2 aromatic rings. The topological polar surface area (TPSA) is 54.5 Å². The summed E-state index contributed by atoms with van der Waals surface area (Å²) in [5.74, 6) is 0.262. The van der Waals surface area contributed by atoms with Crippen molar-refractivity contribution >= 4 is 28.6 Å². The molecule has 2 aromatic carbocycles. The van der Waals surface area contributed by atoms with Gasteiger partial charge in [-0.2, -0.15) is 0 Å². The van der Waals surface area contributed by atoms with Crippen LogP contribution in [0.25, 0.3) is 0 Å². The molecular formula is C29H35NO3S. The van der Waals surface area contributed by atoms with Crippen molar-refractivity contribution in [1.29, 1.82) is 0 Å². The molecule has 1 saturated heterocycles. The van der Waals surface area contributed by atoms with Gasteiger partial charge in [-0.1, -0.05) is 93.2 Å². The molecule has 2 unspecified atom stereocenters. The standard InChI is InChI=1S/C29H35NO3S/c1-4-29(2,3)26(31)27(32)30-23-16-15-22(19-23)25(30)28(33)34-18-17-24(20-11-7-5-8-12-20)21-13-9-6-10-14-21/h5-14,22-25H,4,15-19H2,1-3H3/t22?,23?,25-/m0/s1. The van der Waals surface area contributed by atoms with Crippen LogP contribution in [0.1, 0.15) is 69.9 Å². The Balaban J connectivity index is 1.45. The van der Waals surface area contributed by atoms with Crippen LogP contribution in [-0.4, -0.2) is 39.5 Å². The number of hydrogen-bond donors (Lipinski definition) is 0. The van der Waals surface area contributed by atoms with E-state index in [1.54, 1.807) is 4.90 Å². The Hall–Kier alpha value is -2.40. The van der Waals surface area contributed by atoms with Gasteiger partial charge in [0.1, 0.15) is 6.04 Å². The van der Waals surface area contributed by atoms with Crippen LogP contribution in [0, 0.1) is 11.3 Å². The molecule has 1 amide bonds. The Morgan fingerprint density at radius 3 is 2.12 bits per heavy atom. The van der Waals surface area contributed by atoms with Crippen molar-refractivity contribution in [3.8, 4) is 0 Å². The quantitative estimate of drug-likeness (QED) is 0.425. The van der Waals surface area contributed by atoms with Gasteiger partial charge in [0.15, 0.2) is 0 Å². The van der Waals surface area contributed by atoms with Crippen molar-refractivity contribution in [2.75, 3.05) is 5.75 Å². The number of fused-ring (bicyclic) bond motifs is 2. The van der Waals surface area contributed by atoms with E-state index >= 15 is 0 Å². The minimum absolute atomic E-state index is 0.0324. The molecule has 0 radical (unpaired) electrons. The third-order valence-corrected chi connectivity index (χ3v) is 8.77. The van der Waals surface area contributed by atoms with E-state index in [0.717, 1.165) is 25.7 Å². The first-order valence-electron chi connectivity index (χ1n) is 12.5. The Morgan fingerprint density at radius 2 is 1.56 bits per heavy atom. The van der Waals surface area contributed by atoms with E-state index in [4.69, 9.17) is 0 Å². The lowest BCUT2D eigenvalue weighted by Crippen LogP contribution is -2.53. The molecule has 2 aliphatic rings. The molecule has 4 rings (SSSR count). The average Bonchev–Trinajstić information content (AvgIpc) is 3.49. The minimum Gasteiger partial charge on any atom is -0.322 e. The van der Waals surface area contributed by atoms with Crippen molar-refractivity contribution < 1.29 is 14.4 Å². The van der Waals surface area contributed by atoms with Crippen molar-refractivity contribution in [2.24, 2.45) is 11.3 Å². The number of amides is 1. The number of ketones is 1. The Bertz CT molecular complexity index is 981. The lowest BCUT2D eigenvalue weighted by molar-refractivity contribution is -0.153. The highest BCUT2D eigenvalue weighted by Crippen LogP contribution is 2.45. The van der Waals surface area contributed by atoms with Crippen LogP contribution in [0.5, 0.6) is 0 Å². The van der Waals surface area contributed by atoms with E-state index in [9.17, 15) is 14.4 Å². The van der Waals surface area contributed by atoms with E-state index in [-0.39, 0.29) is 28.8 Å². The van der Waals surface area contributed by atoms with E-state index in [0.29, 0.717) is 12.2 Å². The van der Waals surface area contributed by atoms with Crippen LogP contribution >= 0.6 is 11.8 Å². The molecule has 5 heteroatoms. The third-order valence-electron chi connectivity index (χ3n) is 7.81. The van der Waals surface area contributed by atoms with Gasteiger partial charge in [-0.25, -0.2) is 0 Å². The number of hydrogen-bond acceptors (Lipinski definition) is 4. The molecule has 1 aliphatic carbocycles. The number of piperidine rings is 1. The summed E-state index contributed by atoms with van der Waals surface area (Å²) in [4.78, 5) is 41.2. The number of carbonyl (C=O) groups excluding carboxylic acids is 3. The highest BCUT2D eigenvalue weighted by Gasteiger charge is 2.53. The molecule has 1 heterocycles. The molecule has 3 atom stereocenters. The predicted molar refractivity (Wildman–Crippen MR) is 138 cm³/mol. The van der Waals surface area contributed by atoms with Crippen LogP contribution in [0.2, 0.25) is 0 Å². The van der Waals surface area contributed by atoms with Gasteiger partial charge in [0.05, 0.1) is 0 Å². The molecule has 0 N–H and O–H groups in total. The molecule has 180 valence electrons. The van der Waals surface area contributed by atoms with Crippen LogP contribution in [0.4, 0.5) is 0 Å². The van der Waals surface area contributed by atoms with Crippen LogP contribution in [0.15, 0.2) is 60.7 Å². The van der Waals surface area contributed by atoms with E-state index in [1.165, 1.54) is 22.9 Å². The molecule has 4 nitrogen and oxygen atoms in total.